The van der Waals surface area contributed by atoms with Gasteiger partial charge in [0.15, 0.2) is 0 Å². The van der Waals surface area contributed by atoms with Gasteiger partial charge in [0.25, 0.3) is 5.91 Å². The molecule has 21 heavy (non-hydrogen) atoms. The van der Waals surface area contributed by atoms with Gasteiger partial charge in [-0.25, -0.2) is 0 Å². The second-order valence-electron chi connectivity index (χ2n) is 4.19. The number of rotatable bonds is 8. The quantitative estimate of drug-likeness (QED) is 0.731. The van der Waals surface area contributed by atoms with Crippen LogP contribution in [0.4, 0.5) is 10.7 Å². The third-order valence-corrected chi connectivity index (χ3v) is 4.15. The summed E-state index contributed by atoms with van der Waals surface area (Å²) in [6, 6.07) is 2.08. The molecule has 116 valence electrons. The predicted molar refractivity (Wildman–Crippen MR) is 82.8 cm³/mol. The summed E-state index contributed by atoms with van der Waals surface area (Å²) >= 11 is 1.21. The van der Waals surface area contributed by atoms with E-state index in [1.165, 1.54) is 18.4 Å². The molecule has 1 amide bonds. The molecule has 1 rings (SSSR count). The molecule has 0 spiro atoms. The Morgan fingerprint density at radius 3 is 2.38 bits per heavy atom. The minimum atomic E-state index is -0.293. The number of nitriles is 1. The molecule has 0 saturated carbocycles. The summed E-state index contributed by atoms with van der Waals surface area (Å²) in [4.78, 5) is 14.1. The summed E-state index contributed by atoms with van der Waals surface area (Å²) in [6.45, 7) is 2.17. The maximum absolute atomic E-state index is 11.8. The lowest BCUT2D eigenvalue weighted by atomic mass is 10.2. The molecule has 0 unspecified atom stereocenters. The highest BCUT2D eigenvalue weighted by Gasteiger charge is 2.23. The number of nitrogen functional groups attached to an aromatic ring is 1. The van der Waals surface area contributed by atoms with Gasteiger partial charge in [0.05, 0.1) is 18.9 Å². The third kappa shape index (κ3) is 4.07. The van der Waals surface area contributed by atoms with Crippen LogP contribution in [0.3, 0.4) is 0 Å². The van der Waals surface area contributed by atoms with E-state index in [1.54, 1.807) is 14.2 Å². The Kier molecular flexibility index (Phi) is 6.94. The fraction of sp³-hybridized carbons (Fsp3) is 0.538. The lowest BCUT2D eigenvalue weighted by molar-refractivity contribution is 0.0968. The normalized spacial score (nSPS) is 10.2. The summed E-state index contributed by atoms with van der Waals surface area (Å²) < 4.78 is 10.2. The van der Waals surface area contributed by atoms with Crippen molar-refractivity contribution in [1.29, 1.82) is 5.26 Å². The molecule has 3 N–H and O–H groups in total. The van der Waals surface area contributed by atoms with Crippen LogP contribution in [0.2, 0.25) is 0 Å². The van der Waals surface area contributed by atoms with E-state index in [2.05, 4.69) is 11.4 Å². The molecule has 1 aromatic rings. The number of amides is 1. The molecular weight excluding hydrogens is 292 g/mol. The van der Waals surface area contributed by atoms with Crippen LogP contribution in [-0.2, 0) is 9.47 Å². The van der Waals surface area contributed by atoms with Crippen LogP contribution in [0.5, 0.6) is 0 Å². The zero-order valence-electron chi connectivity index (χ0n) is 12.4. The largest absolute Gasteiger partial charge is 0.396 e. The van der Waals surface area contributed by atoms with Crippen molar-refractivity contribution in [1.82, 2.24) is 5.32 Å². The van der Waals surface area contributed by atoms with Crippen LogP contribution in [0.15, 0.2) is 0 Å². The Bertz CT molecular complexity index is 516. The van der Waals surface area contributed by atoms with Crippen molar-refractivity contribution in [3.8, 4) is 6.07 Å². The molecule has 1 aromatic heterocycles. The van der Waals surface area contributed by atoms with E-state index in [4.69, 9.17) is 15.2 Å². The van der Waals surface area contributed by atoms with Gasteiger partial charge in [-0.05, 0) is 0 Å². The number of methoxy groups -OCH3 is 2. The van der Waals surface area contributed by atoms with Crippen molar-refractivity contribution in [3.63, 3.8) is 0 Å². The fourth-order valence-electron chi connectivity index (χ4n) is 1.76. The summed E-state index contributed by atoms with van der Waals surface area (Å²) in [5.41, 5.74) is 6.47. The zero-order chi connectivity index (χ0) is 15.8. The molecule has 0 aliphatic heterocycles. The van der Waals surface area contributed by atoms with Crippen molar-refractivity contribution >= 4 is 27.9 Å². The van der Waals surface area contributed by atoms with E-state index in [0.717, 1.165) is 0 Å². The van der Waals surface area contributed by atoms with Crippen LogP contribution >= 0.6 is 11.3 Å². The molecule has 0 aliphatic rings. The summed E-state index contributed by atoms with van der Waals surface area (Å²) in [7, 11) is 4.75. The van der Waals surface area contributed by atoms with Gasteiger partial charge in [0, 0.05) is 34.4 Å². The molecule has 0 fully saturated rings. The van der Waals surface area contributed by atoms with Gasteiger partial charge in [0.1, 0.15) is 21.5 Å². The van der Waals surface area contributed by atoms with Crippen LogP contribution < -0.4 is 16.0 Å². The van der Waals surface area contributed by atoms with E-state index in [-0.39, 0.29) is 11.6 Å². The predicted octanol–water partition coefficient (Wildman–Crippen LogP) is 0.661. The number of carbonyl (C=O) groups excluding carboxylic acids is 1. The fourth-order valence-corrected chi connectivity index (χ4v) is 2.93. The first-order valence-corrected chi connectivity index (χ1v) is 7.19. The van der Waals surface area contributed by atoms with Crippen molar-refractivity contribution < 1.29 is 14.3 Å². The SMILES string of the molecule is CNC(=O)c1sc(N(CCOC)CCOC)c(C#N)c1N. The average molecular weight is 312 g/mol. The first-order chi connectivity index (χ1) is 10.1. The molecular formula is C13H20N4O3S. The minimum absolute atomic E-state index is 0.219. The zero-order valence-corrected chi connectivity index (χ0v) is 13.2. The lowest BCUT2D eigenvalue weighted by Gasteiger charge is -2.22. The number of nitrogens with two attached hydrogens (primary N) is 1. The van der Waals surface area contributed by atoms with Crippen molar-refractivity contribution in [2.24, 2.45) is 0 Å². The van der Waals surface area contributed by atoms with E-state index >= 15 is 0 Å². The summed E-state index contributed by atoms with van der Waals surface area (Å²) in [5.74, 6) is -0.293. The second kappa shape index (κ2) is 8.46. The highest BCUT2D eigenvalue weighted by molar-refractivity contribution is 7.19. The second-order valence-corrected chi connectivity index (χ2v) is 5.19. The Morgan fingerprint density at radius 2 is 1.95 bits per heavy atom. The molecule has 1 heterocycles. The standard InChI is InChI=1S/C13H20N4O3S/c1-16-12(18)11-10(15)9(8-14)13(21-11)17(4-6-19-2)5-7-20-3/h4-7,15H2,1-3H3,(H,16,18). The Morgan fingerprint density at radius 1 is 1.38 bits per heavy atom. The Balaban J connectivity index is 3.17. The van der Waals surface area contributed by atoms with Crippen LogP contribution in [-0.4, -0.2) is 53.5 Å². The molecule has 7 nitrogen and oxygen atoms in total. The van der Waals surface area contributed by atoms with Crippen molar-refractivity contribution in [2.75, 3.05) is 58.2 Å². The third-order valence-electron chi connectivity index (χ3n) is 2.89. The number of nitrogens with one attached hydrogen (secondary N) is 1. The van der Waals surface area contributed by atoms with E-state index < -0.39 is 0 Å². The van der Waals surface area contributed by atoms with E-state index in [1.807, 2.05) is 4.90 Å². The summed E-state index contributed by atoms with van der Waals surface area (Å²) in [6.07, 6.45) is 0. The number of thiophene rings is 1. The maximum atomic E-state index is 11.8. The first-order valence-electron chi connectivity index (χ1n) is 6.37. The van der Waals surface area contributed by atoms with Gasteiger partial charge in [0.2, 0.25) is 0 Å². The molecule has 0 saturated heterocycles. The molecule has 0 atom stereocenters. The number of hydrogen-bond donors (Lipinski definition) is 2. The van der Waals surface area contributed by atoms with E-state index in [9.17, 15) is 10.1 Å². The van der Waals surface area contributed by atoms with Crippen molar-refractivity contribution in [2.45, 2.75) is 0 Å². The monoisotopic (exact) mass is 312 g/mol. The average Bonchev–Trinajstić information content (AvgIpc) is 2.83. The lowest BCUT2D eigenvalue weighted by Crippen LogP contribution is -2.30. The number of hydrogen-bond acceptors (Lipinski definition) is 7. The van der Waals surface area contributed by atoms with Crippen LogP contribution in [0.1, 0.15) is 15.2 Å². The van der Waals surface area contributed by atoms with Crippen LogP contribution in [0, 0.1) is 11.3 Å². The number of nitrogens with zero attached hydrogens (tertiary/aromatic N) is 2. The Hall–Kier alpha value is -1.82. The molecule has 0 radical (unpaired) electrons. The van der Waals surface area contributed by atoms with Crippen LogP contribution in [0.25, 0.3) is 0 Å². The molecule has 0 aliphatic carbocycles. The van der Waals surface area contributed by atoms with Gasteiger partial charge in [-0.1, -0.05) is 0 Å². The minimum Gasteiger partial charge on any atom is -0.396 e. The van der Waals surface area contributed by atoms with Crippen molar-refractivity contribution in [3.05, 3.63) is 10.4 Å². The molecule has 8 heteroatoms. The molecule has 0 bridgehead atoms. The number of ether oxygens (including phenoxy) is 2. The van der Waals surface area contributed by atoms with Gasteiger partial charge in [-0.2, -0.15) is 5.26 Å². The topological polar surface area (TPSA) is 101 Å². The van der Waals surface area contributed by atoms with Gasteiger partial charge < -0.3 is 25.4 Å². The molecule has 0 aromatic carbocycles. The summed E-state index contributed by atoms with van der Waals surface area (Å²) in [5, 5.41) is 12.5. The first kappa shape index (κ1) is 17.2. The number of carbonyl (C=O) groups is 1. The van der Waals surface area contributed by atoms with Gasteiger partial charge in [-0.3, -0.25) is 4.79 Å². The smallest absolute Gasteiger partial charge is 0.263 e. The van der Waals surface area contributed by atoms with E-state index in [0.29, 0.717) is 41.7 Å². The van der Waals surface area contributed by atoms with Gasteiger partial charge >= 0.3 is 0 Å². The van der Waals surface area contributed by atoms with Gasteiger partial charge in [-0.15, -0.1) is 11.3 Å². The number of anilines is 2. The highest BCUT2D eigenvalue weighted by atomic mass is 32.1. The highest BCUT2D eigenvalue weighted by Crippen LogP contribution is 2.37. The Labute approximate surface area is 128 Å². The maximum Gasteiger partial charge on any atom is 0.263 e.